The fourth-order valence-electron chi connectivity index (χ4n) is 6.31. The van der Waals surface area contributed by atoms with Crippen molar-refractivity contribution in [3.05, 3.63) is 65.5 Å². The number of aromatic nitrogens is 2. The number of piperidine rings is 1. The zero-order valence-corrected chi connectivity index (χ0v) is 28.3. The number of carbonyl (C=O) groups excluding carboxylic acids is 2. The third-order valence-corrected chi connectivity index (χ3v) is 8.94. The van der Waals surface area contributed by atoms with Crippen LogP contribution in [0.2, 0.25) is 0 Å². The van der Waals surface area contributed by atoms with Crippen LogP contribution in [-0.4, -0.2) is 77.7 Å². The number of nitrogens with zero attached hydrogens (tertiary/aromatic N) is 4. The maximum atomic E-state index is 14.1. The normalized spacial score (nSPS) is 19.0. The predicted octanol–water partition coefficient (Wildman–Crippen LogP) is 6.48. The molecule has 2 aliphatic rings. The first kappa shape index (κ1) is 36.9. The van der Waals surface area contributed by atoms with Crippen molar-refractivity contribution in [3.8, 4) is 5.75 Å². The Hall–Kier alpha value is -3.97. The second kappa shape index (κ2) is 16.4. The molecule has 0 bridgehead atoms. The number of halogens is 3. The van der Waals surface area contributed by atoms with Crippen molar-refractivity contribution in [2.24, 2.45) is 5.92 Å². The largest absolute Gasteiger partial charge is 0.495 e. The molecule has 2 N–H and O–H groups in total. The van der Waals surface area contributed by atoms with Gasteiger partial charge >= 0.3 is 6.18 Å². The van der Waals surface area contributed by atoms with Gasteiger partial charge in [0.05, 0.1) is 36.7 Å². The van der Waals surface area contributed by atoms with Crippen LogP contribution >= 0.6 is 0 Å². The maximum absolute atomic E-state index is 14.1. The van der Waals surface area contributed by atoms with Gasteiger partial charge in [0.15, 0.2) is 0 Å². The van der Waals surface area contributed by atoms with Crippen molar-refractivity contribution >= 4 is 23.5 Å². The second-order valence-corrected chi connectivity index (χ2v) is 12.8. The van der Waals surface area contributed by atoms with Crippen LogP contribution in [0.5, 0.6) is 5.75 Å². The van der Waals surface area contributed by atoms with Crippen molar-refractivity contribution in [2.75, 3.05) is 39.2 Å². The summed E-state index contributed by atoms with van der Waals surface area (Å²) >= 11 is 0. The summed E-state index contributed by atoms with van der Waals surface area (Å²) in [4.78, 5) is 41.7. The molecule has 1 aliphatic carbocycles. The Kier molecular flexibility index (Phi) is 12.6. The van der Waals surface area contributed by atoms with Gasteiger partial charge in [0.25, 0.3) is 5.91 Å². The minimum absolute atomic E-state index is 0.0337. The van der Waals surface area contributed by atoms with Crippen LogP contribution in [0.1, 0.15) is 80.4 Å². The summed E-state index contributed by atoms with van der Waals surface area (Å²) in [6.45, 7) is 13.3. The second-order valence-electron chi connectivity index (χ2n) is 12.8. The van der Waals surface area contributed by atoms with Gasteiger partial charge in [-0.25, -0.2) is 15.0 Å². The molecule has 4 rings (SSSR count). The molecular formula is C35H47F3N6O4. The van der Waals surface area contributed by atoms with E-state index in [2.05, 4.69) is 45.7 Å². The summed E-state index contributed by atoms with van der Waals surface area (Å²) in [7, 11) is 3.49. The standard InChI is InChI=1S/C35H47F3N6O4/c1-22(2)21-48-44(24(4)45)31-10-8-7-9-27(31)23(3)11-13-29-28(35(36,37)38)20-39-34(41-29)42-30-14-12-25(19-32(30)47-6)33(46)40-26-15-17-43(5)18-16-26/h12,14,19-20,26-27,31H,1,3,7-11,13,15-18,21H2,2,4-6H3,(H,40,46)(H,39,41,42). The molecule has 1 aromatic carbocycles. The lowest BCUT2D eigenvalue weighted by Crippen LogP contribution is -2.45. The summed E-state index contributed by atoms with van der Waals surface area (Å²) in [5, 5.41) is 7.41. The van der Waals surface area contributed by atoms with Gasteiger partial charge < -0.3 is 20.3 Å². The topological polar surface area (TPSA) is 109 Å². The van der Waals surface area contributed by atoms with E-state index in [9.17, 15) is 22.8 Å². The molecule has 2 atom stereocenters. The van der Waals surface area contributed by atoms with Crippen molar-refractivity contribution in [2.45, 2.75) is 83.5 Å². The van der Waals surface area contributed by atoms with E-state index < -0.39 is 11.7 Å². The highest BCUT2D eigenvalue weighted by atomic mass is 19.4. The zero-order chi connectivity index (χ0) is 35.0. The van der Waals surface area contributed by atoms with E-state index in [1.807, 2.05) is 0 Å². The number of benzene rings is 1. The fourth-order valence-corrected chi connectivity index (χ4v) is 6.31. The van der Waals surface area contributed by atoms with Crippen LogP contribution in [0.3, 0.4) is 0 Å². The molecule has 2 fully saturated rings. The Morgan fingerprint density at radius 2 is 1.81 bits per heavy atom. The average Bonchev–Trinajstić information content (AvgIpc) is 3.04. The van der Waals surface area contributed by atoms with E-state index in [1.54, 1.807) is 25.1 Å². The number of hydrogen-bond donors (Lipinski definition) is 2. The summed E-state index contributed by atoms with van der Waals surface area (Å²) < 4.78 is 47.7. The van der Waals surface area contributed by atoms with E-state index in [0.717, 1.165) is 62.5 Å². The lowest BCUT2D eigenvalue weighted by atomic mass is 9.78. The lowest BCUT2D eigenvalue weighted by Gasteiger charge is -2.39. The van der Waals surface area contributed by atoms with Crippen molar-refractivity contribution in [3.63, 3.8) is 0 Å². The Bertz CT molecular complexity index is 1470. The van der Waals surface area contributed by atoms with Crippen LogP contribution in [0.25, 0.3) is 0 Å². The molecule has 0 radical (unpaired) electrons. The van der Waals surface area contributed by atoms with E-state index in [-0.39, 0.29) is 60.9 Å². The molecule has 1 aromatic heterocycles. The first-order chi connectivity index (χ1) is 22.8. The highest BCUT2D eigenvalue weighted by Crippen LogP contribution is 2.37. The SMILES string of the molecule is C=C(C)CON(C(C)=O)C1CCCCC1C(=C)CCc1nc(Nc2ccc(C(=O)NC3CCN(C)CC3)cc2OC)ncc1C(F)(F)F. The first-order valence-corrected chi connectivity index (χ1v) is 16.4. The first-order valence-electron chi connectivity index (χ1n) is 16.4. The third kappa shape index (κ3) is 9.79. The number of amides is 2. The number of alkyl halides is 3. The number of rotatable bonds is 13. The molecule has 0 spiro atoms. The highest BCUT2D eigenvalue weighted by Gasteiger charge is 2.37. The maximum Gasteiger partial charge on any atom is 0.419 e. The summed E-state index contributed by atoms with van der Waals surface area (Å²) in [6.07, 6.45) is 1.31. The molecule has 10 nitrogen and oxygen atoms in total. The lowest BCUT2D eigenvalue weighted by molar-refractivity contribution is -0.202. The smallest absolute Gasteiger partial charge is 0.419 e. The van der Waals surface area contributed by atoms with Crippen LogP contribution in [-0.2, 0) is 22.2 Å². The predicted molar refractivity (Wildman–Crippen MR) is 178 cm³/mol. The molecule has 1 saturated carbocycles. The third-order valence-electron chi connectivity index (χ3n) is 8.94. The van der Waals surface area contributed by atoms with Crippen molar-refractivity contribution in [1.82, 2.24) is 25.2 Å². The molecule has 1 saturated heterocycles. The average molecular weight is 673 g/mol. The number of anilines is 2. The van der Waals surface area contributed by atoms with Gasteiger partial charge in [-0.1, -0.05) is 37.1 Å². The van der Waals surface area contributed by atoms with Gasteiger partial charge in [-0.05, 0) is 83.8 Å². The highest BCUT2D eigenvalue weighted by molar-refractivity contribution is 5.95. The number of ether oxygens (including phenoxy) is 1. The molecule has 262 valence electrons. The number of nitrogens with one attached hydrogen (secondary N) is 2. The minimum Gasteiger partial charge on any atom is -0.495 e. The Balaban J connectivity index is 1.49. The molecular weight excluding hydrogens is 625 g/mol. The van der Waals surface area contributed by atoms with Gasteiger partial charge in [-0.3, -0.25) is 14.4 Å². The minimum atomic E-state index is -4.66. The van der Waals surface area contributed by atoms with E-state index >= 15 is 0 Å². The number of aryl methyl sites for hydroxylation is 1. The van der Waals surface area contributed by atoms with E-state index in [0.29, 0.717) is 23.4 Å². The Morgan fingerprint density at radius 3 is 2.46 bits per heavy atom. The number of hydroxylamine groups is 2. The molecule has 2 amide bonds. The number of likely N-dealkylation sites (tertiary alicyclic amines) is 1. The quantitative estimate of drug-likeness (QED) is 0.184. The fraction of sp³-hybridized carbons (Fsp3) is 0.543. The van der Waals surface area contributed by atoms with Gasteiger partial charge in [-0.15, -0.1) is 0 Å². The van der Waals surface area contributed by atoms with Crippen LogP contribution in [0, 0.1) is 5.92 Å². The molecule has 13 heteroatoms. The number of methoxy groups -OCH3 is 1. The zero-order valence-electron chi connectivity index (χ0n) is 28.3. The summed E-state index contributed by atoms with van der Waals surface area (Å²) in [5.74, 6) is -0.334. The molecule has 1 aliphatic heterocycles. The van der Waals surface area contributed by atoms with Gasteiger partial charge in [-0.2, -0.15) is 13.2 Å². The summed E-state index contributed by atoms with van der Waals surface area (Å²) in [6, 6.07) is 4.63. The molecule has 2 heterocycles. The summed E-state index contributed by atoms with van der Waals surface area (Å²) in [5.41, 5.74) is 1.20. The van der Waals surface area contributed by atoms with Gasteiger partial charge in [0.1, 0.15) is 5.75 Å². The van der Waals surface area contributed by atoms with Crippen LogP contribution < -0.4 is 15.4 Å². The molecule has 48 heavy (non-hydrogen) atoms. The van der Waals surface area contributed by atoms with E-state index in [4.69, 9.17) is 9.57 Å². The van der Waals surface area contributed by atoms with Crippen molar-refractivity contribution in [1.29, 1.82) is 0 Å². The van der Waals surface area contributed by atoms with Crippen LogP contribution in [0.4, 0.5) is 24.8 Å². The van der Waals surface area contributed by atoms with Crippen LogP contribution in [0.15, 0.2) is 48.7 Å². The number of carbonyl (C=O) groups is 2. The Labute approximate surface area is 280 Å². The molecule has 2 aromatic rings. The van der Waals surface area contributed by atoms with Gasteiger partial charge in [0.2, 0.25) is 11.9 Å². The molecule has 2 unspecified atom stereocenters. The Morgan fingerprint density at radius 1 is 1.10 bits per heavy atom. The monoisotopic (exact) mass is 672 g/mol. The van der Waals surface area contributed by atoms with Crippen molar-refractivity contribution < 1.29 is 32.3 Å². The number of hydrogen-bond acceptors (Lipinski definition) is 8. The van der Waals surface area contributed by atoms with E-state index in [1.165, 1.54) is 19.1 Å². The van der Waals surface area contributed by atoms with Gasteiger partial charge in [0, 0.05) is 30.6 Å².